The van der Waals surface area contributed by atoms with Crippen molar-refractivity contribution in [3.05, 3.63) is 45.7 Å². The second kappa shape index (κ2) is 8.78. The molecular formula is C20H23N3O6. The van der Waals surface area contributed by atoms with Crippen molar-refractivity contribution in [3.63, 3.8) is 0 Å². The van der Waals surface area contributed by atoms with Gasteiger partial charge in [0, 0.05) is 12.1 Å². The molecule has 1 saturated heterocycles. The number of anilines is 1. The zero-order chi connectivity index (χ0) is 21.0. The standard InChI is InChI=1S/C20H23N3O6/c21-17-15(19(25)26)14(16(20(27)28)18(24)22-17)12-5-4-6-13(11-12)29-10-9-23-7-2-1-3-8-23/h4-6,11H,1-3,7-10H2,(H,25,26)(H,27,28)(H3,21,22,24). The van der Waals surface area contributed by atoms with Crippen molar-refractivity contribution in [3.8, 4) is 16.9 Å². The molecule has 0 aliphatic carbocycles. The van der Waals surface area contributed by atoms with Crippen LogP contribution in [0, 0.1) is 0 Å². The lowest BCUT2D eigenvalue weighted by atomic mass is 9.95. The average Bonchev–Trinajstić information content (AvgIpc) is 2.67. The fourth-order valence-corrected chi connectivity index (χ4v) is 3.55. The molecule has 1 aliphatic heterocycles. The topological polar surface area (TPSA) is 146 Å². The number of benzene rings is 1. The van der Waals surface area contributed by atoms with Crippen LogP contribution in [-0.2, 0) is 0 Å². The van der Waals surface area contributed by atoms with E-state index in [2.05, 4.69) is 9.88 Å². The summed E-state index contributed by atoms with van der Waals surface area (Å²) in [5.74, 6) is -2.93. The van der Waals surface area contributed by atoms with E-state index in [0.29, 0.717) is 12.4 Å². The average molecular weight is 401 g/mol. The fraction of sp³-hybridized carbons (Fsp3) is 0.350. The van der Waals surface area contributed by atoms with Crippen molar-refractivity contribution < 1.29 is 24.5 Å². The zero-order valence-corrected chi connectivity index (χ0v) is 15.8. The number of nitrogens with two attached hydrogens (primary N) is 1. The highest BCUT2D eigenvalue weighted by Gasteiger charge is 2.26. The third kappa shape index (κ3) is 4.57. The van der Waals surface area contributed by atoms with Gasteiger partial charge in [-0.25, -0.2) is 9.59 Å². The molecule has 29 heavy (non-hydrogen) atoms. The van der Waals surface area contributed by atoms with Gasteiger partial charge in [0.1, 0.15) is 29.3 Å². The zero-order valence-electron chi connectivity index (χ0n) is 15.8. The summed E-state index contributed by atoms with van der Waals surface area (Å²) >= 11 is 0. The van der Waals surface area contributed by atoms with Crippen LogP contribution in [-0.4, -0.2) is 58.3 Å². The van der Waals surface area contributed by atoms with Gasteiger partial charge in [0.05, 0.1) is 0 Å². The Morgan fingerprint density at radius 2 is 1.79 bits per heavy atom. The molecule has 2 aromatic rings. The summed E-state index contributed by atoms with van der Waals surface area (Å²) in [7, 11) is 0. The van der Waals surface area contributed by atoms with Gasteiger partial charge in [-0.3, -0.25) is 9.69 Å². The number of carboxylic acids is 2. The van der Waals surface area contributed by atoms with Gasteiger partial charge in [0.2, 0.25) is 0 Å². The van der Waals surface area contributed by atoms with Gasteiger partial charge in [-0.15, -0.1) is 0 Å². The Labute approximate surface area is 166 Å². The van der Waals surface area contributed by atoms with E-state index in [1.807, 2.05) is 0 Å². The van der Waals surface area contributed by atoms with Crippen molar-refractivity contribution >= 4 is 17.8 Å². The lowest BCUT2D eigenvalue weighted by Gasteiger charge is -2.26. The molecule has 0 unspecified atom stereocenters. The lowest BCUT2D eigenvalue weighted by Crippen LogP contribution is -2.33. The number of hydrogen-bond donors (Lipinski definition) is 4. The van der Waals surface area contributed by atoms with Crippen LogP contribution in [0.3, 0.4) is 0 Å². The van der Waals surface area contributed by atoms with Crippen LogP contribution < -0.4 is 16.0 Å². The third-order valence-corrected chi connectivity index (χ3v) is 4.92. The second-order valence-electron chi connectivity index (χ2n) is 6.88. The van der Waals surface area contributed by atoms with Gasteiger partial charge in [-0.1, -0.05) is 18.6 Å². The highest BCUT2D eigenvalue weighted by Crippen LogP contribution is 2.31. The Balaban J connectivity index is 1.92. The first kappa shape index (κ1) is 20.4. The largest absolute Gasteiger partial charge is 0.492 e. The maximum Gasteiger partial charge on any atom is 0.342 e. The Morgan fingerprint density at radius 3 is 2.45 bits per heavy atom. The van der Waals surface area contributed by atoms with Crippen LogP contribution in [0.25, 0.3) is 11.1 Å². The Bertz CT molecular complexity index is 979. The number of ether oxygens (including phenoxy) is 1. The number of pyridine rings is 1. The van der Waals surface area contributed by atoms with Gasteiger partial charge in [-0.2, -0.15) is 0 Å². The minimum atomic E-state index is -1.54. The smallest absolute Gasteiger partial charge is 0.342 e. The van der Waals surface area contributed by atoms with Crippen LogP contribution in [0.1, 0.15) is 40.0 Å². The molecule has 0 saturated carbocycles. The highest BCUT2D eigenvalue weighted by atomic mass is 16.5. The second-order valence-corrected chi connectivity index (χ2v) is 6.88. The van der Waals surface area contributed by atoms with Gasteiger partial charge in [0.15, 0.2) is 0 Å². The van der Waals surface area contributed by atoms with Gasteiger partial charge in [-0.05, 0) is 43.6 Å². The molecule has 1 aromatic heterocycles. The number of piperidine rings is 1. The minimum Gasteiger partial charge on any atom is -0.492 e. The van der Waals surface area contributed by atoms with Crippen LogP contribution in [0.5, 0.6) is 5.75 Å². The summed E-state index contributed by atoms with van der Waals surface area (Å²) in [6.07, 6.45) is 3.60. The molecule has 0 bridgehead atoms. The molecule has 9 heteroatoms. The van der Waals surface area contributed by atoms with Crippen molar-refractivity contribution in [2.45, 2.75) is 19.3 Å². The van der Waals surface area contributed by atoms with E-state index in [0.717, 1.165) is 19.6 Å². The highest BCUT2D eigenvalue weighted by molar-refractivity contribution is 6.07. The van der Waals surface area contributed by atoms with E-state index < -0.39 is 34.4 Å². The van der Waals surface area contributed by atoms with E-state index in [9.17, 15) is 24.6 Å². The summed E-state index contributed by atoms with van der Waals surface area (Å²) < 4.78 is 5.78. The number of nitrogens with one attached hydrogen (secondary N) is 1. The van der Waals surface area contributed by atoms with Crippen LogP contribution in [0.15, 0.2) is 29.1 Å². The summed E-state index contributed by atoms with van der Waals surface area (Å²) in [6, 6.07) is 6.34. The first-order chi connectivity index (χ1) is 13.9. The molecule has 1 fully saturated rings. The molecule has 154 valence electrons. The van der Waals surface area contributed by atoms with Crippen molar-refractivity contribution in [2.24, 2.45) is 0 Å². The first-order valence-electron chi connectivity index (χ1n) is 9.36. The minimum absolute atomic E-state index is 0.230. The summed E-state index contributed by atoms with van der Waals surface area (Å²) in [6.45, 7) is 3.29. The van der Waals surface area contributed by atoms with Gasteiger partial charge in [0.25, 0.3) is 5.56 Å². The summed E-state index contributed by atoms with van der Waals surface area (Å²) in [5, 5.41) is 19.0. The number of hydrogen-bond acceptors (Lipinski definition) is 6. The monoisotopic (exact) mass is 401 g/mol. The molecule has 0 radical (unpaired) electrons. The number of aromatic amines is 1. The van der Waals surface area contributed by atoms with E-state index in [4.69, 9.17) is 10.5 Å². The summed E-state index contributed by atoms with van der Waals surface area (Å²) in [5.41, 5.74) is 3.54. The lowest BCUT2D eigenvalue weighted by molar-refractivity contribution is 0.0695. The van der Waals surface area contributed by atoms with Gasteiger partial charge < -0.3 is 25.7 Å². The van der Waals surface area contributed by atoms with E-state index >= 15 is 0 Å². The van der Waals surface area contributed by atoms with Crippen LogP contribution in [0.4, 0.5) is 5.82 Å². The Kier molecular flexibility index (Phi) is 6.18. The molecule has 0 spiro atoms. The number of carbonyl (C=O) groups is 2. The van der Waals surface area contributed by atoms with E-state index in [1.54, 1.807) is 12.1 Å². The number of rotatable bonds is 7. The molecule has 2 heterocycles. The predicted molar refractivity (Wildman–Crippen MR) is 107 cm³/mol. The van der Waals surface area contributed by atoms with Crippen LogP contribution >= 0.6 is 0 Å². The number of nitrogen functional groups attached to an aromatic ring is 1. The van der Waals surface area contributed by atoms with Gasteiger partial charge >= 0.3 is 11.9 Å². The number of H-pyrrole nitrogens is 1. The number of aromatic nitrogens is 1. The first-order valence-corrected chi connectivity index (χ1v) is 9.36. The molecule has 3 rings (SSSR count). The maximum atomic E-state index is 12.1. The Morgan fingerprint density at radius 1 is 1.10 bits per heavy atom. The normalized spacial score (nSPS) is 14.5. The summed E-state index contributed by atoms with van der Waals surface area (Å²) in [4.78, 5) is 39.9. The molecular weight excluding hydrogens is 378 g/mol. The van der Waals surface area contributed by atoms with Crippen molar-refractivity contribution in [2.75, 3.05) is 32.0 Å². The van der Waals surface area contributed by atoms with Crippen LogP contribution in [0.2, 0.25) is 0 Å². The molecule has 0 atom stereocenters. The molecule has 9 nitrogen and oxygen atoms in total. The SMILES string of the molecule is Nc1[nH]c(=O)c(C(=O)O)c(-c2cccc(OCCN3CCCCC3)c2)c1C(=O)O. The molecule has 0 amide bonds. The third-order valence-electron chi connectivity index (χ3n) is 4.92. The number of carboxylic acid groups (broad SMARTS) is 2. The van der Waals surface area contributed by atoms with Crippen molar-refractivity contribution in [1.29, 1.82) is 0 Å². The number of likely N-dealkylation sites (tertiary alicyclic amines) is 1. The number of nitrogens with zero attached hydrogens (tertiary/aromatic N) is 1. The van der Waals surface area contributed by atoms with E-state index in [-0.39, 0.29) is 11.1 Å². The van der Waals surface area contributed by atoms with Crippen molar-refractivity contribution in [1.82, 2.24) is 9.88 Å². The fourth-order valence-electron chi connectivity index (χ4n) is 3.55. The molecule has 1 aliphatic rings. The van der Waals surface area contributed by atoms with E-state index in [1.165, 1.54) is 31.4 Å². The predicted octanol–water partition coefficient (Wildman–Crippen LogP) is 1.89. The quantitative estimate of drug-likeness (QED) is 0.550. The number of aromatic carboxylic acids is 2. The maximum absolute atomic E-state index is 12.1. The Hall–Kier alpha value is -3.33. The molecule has 1 aromatic carbocycles. The molecule has 5 N–H and O–H groups in total.